The molecule has 1 N–H and O–H groups in total. The normalized spacial score (nSPS) is 16.3. The molecule has 0 saturated carbocycles. The van der Waals surface area contributed by atoms with Gasteiger partial charge in [0.25, 0.3) is 5.91 Å². The summed E-state index contributed by atoms with van der Waals surface area (Å²) in [5.41, 5.74) is 2.15. The number of thiophene rings is 1. The van der Waals surface area contributed by atoms with E-state index in [1.807, 2.05) is 12.1 Å². The lowest BCUT2D eigenvalue weighted by atomic mass is 9.90. The number of ether oxygens (including phenoxy) is 1. The highest BCUT2D eigenvalue weighted by Gasteiger charge is 2.32. The van der Waals surface area contributed by atoms with Crippen LogP contribution in [-0.2, 0) is 4.74 Å². The summed E-state index contributed by atoms with van der Waals surface area (Å²) in [6.07, 6.45) is 3.92. The fraction of sp³-hybridized carbons (Fsp3) is 0.455. The molecular formula is C22H27ClN2O3S. The van der Waals surface area contributed by atoms with E-state index in [2.05, 4.69) is 31.3 Å². The van der Waals surface area contributed by atoms with Crippen molar-refractivity contribution in [2.75, 3.05) is 18.0 Å². The molecular weight excluding hydrogens is 408 g/mol. The fourth-order valence-electron chi connectivity index (χ4n) is 3.67. The minimum Gasteiger partial charge on any atom is -0.442 e. The zero-order chi connectivity index (χ0) is 20.8. The van der Waals surface area contributed by atoms with Gasteiger partial charge in [0.2, 0.25) is 0 Å². The van der Waals surface area contributed by atoms with Gasteiger partial charge in [0.15, 0.2) is 0 Å². The van der Waals surface area contributed by atoms with Crippen LogP contribution in [0.15, 0.2) is 36.4 Å². The number of halogens is 1. The summed E-state index contributed by atoms with van der Waals surface area (Å²) >= 11 is 7.09. The van der Waals surface area contributed by atoms with Gasteiger partial charge in [0, 0.05) is 5.69 Å². The second-order valence-corrected chi connectivity index (χ2v) is 9.01. The summed E-state index contributed by atoms with van der Waals surface area (Å²) in [7, 11) is 0. The SMILES string of the molecule is CCCC(CCC)c1ccc(N2C[C@H](CNC(=O)c3ccc(Cl)s3)OC2=O)cc1. The highest BCUT2D eigenvalue weighted by Crippen LogP contribution is 2.29. The van der Waals surface area contributed by atoms with Gasteiger partial charge < -0.3 is 10.1 Å². The Bertz CT molecular complexity index is 831. The Balaban J connectivity index is 1.57. The first-order valence-corrected chi connectivity index (χ1v) is 11.3. The van der Waals surface area contributed by atoms with Crippen LogP contribution in [-0.4, -0.2) is 31.2 Å². The molecule has 0 radical (unpaired) electrons. The van der Waals surface area contributed by atoms with Crippen molar-refractivity contribution >= 4 is 40.6 Å². The molecule has 2 aromatic rings. The van der Waals surface area contributed by atoms with Gasteiger partial charge in [0.1, 0.15) is 6.10 Å². The second-order valence-electron chi connectivity index (χ2n) is 7.30. The molecule has 0 bridgehead atoms. The molecule has 1 aromatic heterocycles. The van der Waals surface area contributed by atoms with Crippen molar-refractivity contribution in [2.24, 2.45) is 0 Å². The Kier molecular flexibility index (Phi) is 7.56. The molecule has 1 atom stereocenters. The highest BCUT2D eigenvalue weighted by atomic mass is 35.5. The van der Waals surface area contributed by atoms with Crippen LogP contribution in [0.5, 0.6) is 0 Å². The maximum absolute atomic E-state index is 12.3. The summed E-state index contributed by atoms with van der Waals surface area (Å²) in [6, 6.07) is 11.6. The number of carbonyl (C=O) groups is 2. The zero-order valence-electron chi connectivity index (χ0n) is 16.8. The van der Waals surface area contributed by atoms with E-state index in [1.165, 1.54) is 29.7 Å². The number of benzene rings is 1. The van der Waals surface area contributed by atoms with Crippen molar-refractivity contribution in [3.63, 3.8) is 0 Å². The molecule has 2 amide bonds. The highest BCUT2D eigenvalue weighted by molar-refractivity contribution is 7.17. The average Bonchev–Trinajstić information content (AvgIpc) is 3.32. The summed E-state index contributed by atoms with van der Waals surface area (Å²) in [5.74, 6) is 0.358. The number of hydrogen-bond acceptors (Lipinski definition) is 4. The predicted octanol–water partition coefficient (Wildman–Crippen LogP) is 5.84. The molecule has 0 unspecified atom stereocenters. The third-order valence-corrected chi connectivity index (χ3v) is 6.34. The number of cyclic esters (lactones) is 1. The summed E-state index contributed by atoms with van der Waals surface area (Å²) in [5, 5.41) is 2.81. The minimum atomic E-state index is -0.380. The summed E-state index contributed by atoms with van der Waals surface area (Å²) in [4.78, 5) is 26.6. The maximum atomic E-state index is 12.3. The number of amides is 2. The average molecular weight is 435 g/mol. The Morgan fingerprint density at radius 2 is 1.90 bits per heavy atom. The van der Waals surface area contributed by atoms with Crippen LogP contribution in [0.1, 0.15) is 60.7 Å². The topological polar surface area (TPSA) is 58.6 Å². The third-order valence-electron chi connectivity index (χ3n) is 5.11. The van der Waals surface area contributed by atoms with E-state index in [1.54, 1.807) is 17.0 Å². The van der Waals surface area contributed by atoms with Gasteiger partial charge in [-0.25, -0.2) is 4.79 Å². The Labute approximate surface area is 181 Å². The van der Waals surface area contributed by atoms with Crippen LogP contribution in [0.2, 0.25) is 4.34 Å². The maximum Gasteiger partial charge on any atom is 0.414 e. The van der Waals surface area contributed by atoms with Crippen molar-refractivity contribution in [1.82, 2.24) is 5.32 Å². The van der Waals surface area contributed by atoms with Crippen molar-refractivity contribution in [3.8, 4) is 0 Å². The largest absolute Gasteiger partial charge is 0.442 e. The monoisotopic (exact) mass is 434 g/mol. The van der Waals surface area contributed by atoms with Crippen molar-refractivity contribution < 1.29 is 14.3 Å². The van der Waals surface area contributed by atoms with Gasteiger partial charge in [-0.05, 0) is 48.6 Å². The van der Waals surface area contributed by atoms with E-state index >= 15 is 0 Å². The smallest absolute Gasteiger partial charge is 0.414 e. The van der Waals surface area contributed by atoms with E-state index in [0.717, 1.165) is 18.5 Å². The predicted molar refractivity (Wildman–Crippen MR) is 118 cm³/mol. The molecule has 1 aromatic carbocycles. The first-order chi connectivity index (χ1) is 14.0. The summed E-state index contributed by atoms with van der Waals surface area (Å²) < 4.78 is 5.99. The fourth-order valence-corrected chi connectivity index (χ4v) is 4.63. The van der Waals surface area contributed by atoms with Gasteiger partial charge in [-0.15, -0.1) is 11.3 Å². The zero-order valence-corrected chi connectivity index (χ0v) is 18.4. The molecule has 3 rings (SSSR count). The molecule has 2 heterocycles. The van der Waals surface area contributed by atoms with Crippen LogP contribution in [0.3, 0.4) is 0 Å². The van der Waals surface area contributed by atoms with Gasteiger partial charge in [-0.2, -0.15) is 0 Å². The van der Waals surface area contributed by atoms with E-state index < -0.39 is 0 Å². The molecule has 0 spiro atoms. The Morgan fingerprint density at radius 1 is 1.21 bits per heavy atom. The van der Waals surface area contributed by atoms with Crippen LogP contribution in [0.25, 0.3) is 0 Å². The van der Waals surface area contributed by atoms with E-state index in [-0.39, 0.29) is 24.6 Å². The number of nitrogens with one attached hydrogen (secondary N) is 1. The lowest BCUT2D eigenvalue weighted by Gasteiger charge is -2.18. The van der Waals surface area contributed by atoms with Crippen LogP contribution < -0.4 is 10.2 Å². The van der Waals surface area contributed by atoms with Gasteiger partial charge in [-0.1, -0.05) is 50.4 Å². The molecule has 1 saturated heterocycles. The molecule has 29 heavy (non-hydrogen) atoms. The number of anilines is 1. The van der Waals surface area contributed by atoms with E-state index in [0.29, 0.717) is 21.7 Å². The Morgan fingerprint density at radius 3 is 2.48 bits per heavy atom. The first kappa shape index (κ1) is 21.7. The molecule has 0 aliphatic carbocycles. The third kappa shape index (κ3) is 5.52. The van der Waals surface area contributed by atoms with Crippen molar-refractivity contribution in [2.45, 2.75) is 51.6 Å². The number of nitrogens with zero attached hydrogens (tertiary/aromatic N) is 1. The minimum absolute atomic E-state index is 0.210. The molecule has 5 nitrogen and oxygen atoms in total. The van der Waals surface area contributed by atoms with E-state index in [4.69, 9.17) is 16.3 Å². The molecule has 1 fully saturated rings. The molecule has 7 heteroatoms. The van der Waals surface area contributed by atoms with Gasteiger partial charge >= 0.3 is 6.09 Å². The lowest BCUT2D eigenvalue weighted by molar-refractivity contribution is 0.0920. The number of carbonyl (C=O) groups excluding carboxylic acids is 2. The summed E-state index contributed by atoms with van der Waals surface area (Å²) in [6.45, 7) is 5.10. The second kappa shape index (κ2) is 10.1. The molecule has 1 aliphatic heterocycles. The van der Waals surface area contributed by atoms with Crippen LogP contribution >= 0.6 is 22.9 Å². The quantitative estimate of drug-likeness (QED) is 0.539. The number of hydrogen-bond donors (Lipinski definition) is 1. The van der Waals surface area contributed by atoms with Crippen LogP contribution in [0.4, 0.5) is 10.5 Å². The van der Waals surface area contributed by atoms with Gasteiger partial charge in [0.05, 0.1) is 22.3 Å². The Hall–Kier alpha value is -2.05. The molecule has 1 aliphatic rings. The van der Waals surface area contributed by atoms with Crippen molar-refractivity contribution in [1.29, 1.82) is 0 Å². The van der Waals surface area contributed by atoms with E-state index in [9.17, 15) is 9.59 Å². The lowest BCUT2D eigenvalue weighted by Crippen LogP contribution is -2.34. The van der Waals surface area contributed by atoms with Gasteiger partial charge in [-0.3, -0.25) is 9.69 Å². The number of rotatable bonds is 9. The molecule has 156 valence electrons. The van der Waals surface area contributed by atoms with Crippen LogP contribution in [0, 0.1) is 0 Å². The first-order valence-electron chi connectivity index (χ1n) is 10.1. The standard InChI is InChI=1S/C22H27ClN2O3S/c1-3-5-15(6-4-2)16-7-9-17(10-8-16)25-14-18(28-22(25)27)13-24-21(26)19-11-12-20(23)29-19/h7-12,15,18H,3-6,13-14H2,1-2H3,(H,24,26)/t18-/m0/s1. The van der Waals surface area contributed by atoms with Crippen molar-refractivity contribution in [3.05, 3.63) is 51.2 Å².